The Hall–Kier alpha value is -1.89. The average Bonchev–Trinajstić information content (AvgIpc) is 2.31. The molecule has 0 saturated carbocycles. The minimum absolute atomic E-state index is 0.180. The van der Waals surface area contributed by atoms with Crippen molar-refractivity contribution in [1.29, 1.82) is 5.26 Å². The molecule has 0 radical (unpaired) electrons. The fraction of sp³-hybridized carbons (Fsp3) is 0.333. The van der Waals surface area contributed by atoms with E-state index in [4.69, 9.17) is 5.26 Å². The van der Waals surface area contributed by atoms with Crippen LogP contribution in [0.25, 0.3) is 0 Å². The van der Waals surface area contributed by atoms with Crippen LogP contribution in [0.1, 0.15) is 19.8 Å². The molecule has 0 fully saturated rings. The molecule has 0 aliphatic heterocycles. The fourth-order valence-electron chi connectivity index (χ4n) is 1.40. The lowest BCUT2D eigenvalue weighted by atomic mass is 10.2. The first-order valence-electron chi connectivity index (χ1n) is 5.12. The Bertz CT molecular complexity index is 412. The zero-order valence-electron chi connectivity index (χ0n) is 9.11. The zero-order valence-corrected chi connectivity index (χ0v) is 9.11. The van der Waals surface area contributed by atoms with Crippen molar-refractivity contribution in [2.24, 2.45) is 0 Å². The number of halogens is 1. The molecule has 0 atom stereocenters. The summed E-state index contributed by atoms with van der Waals surface area (Å²) in [5, 5.41) is 8.50. The number of hydrogen-bond acceptors (Lipinski definition) is 2. The Morgan fingerprint density at radius 3 is 2.75 bits per heavy atom. The Morgan fingerprint density at radius 2 is 2.19 bits per heavy atom. The second-order valence-corrected chi connectivity index (χ2v) is 3.26. The third-order valence-corrected chi connectivity index (χ3v) is 2.19. The van der Waals surface area contributed by atoms with Gasteiger partial charge in [-0.2, -0.15) is 5.26 Å². The molecule has 0 unspecified atom stereocenters. The second kappa shape index (κ2) is 5.86. The summed E-state index contributed by atoms with van der Waals surface area (Å²) in [7, 11) is 0. The molecule has 0 aliphatic rings. The van der Waals surface area contributed by atoms with E-state index in [9.17, 15) is 9.18 Å². The molecular weight excluding hydrogens is 207 g/mol. The summed E-state index contributed by atoms with van der Waals surface area (Å²) in [6, 6.07) is 8.03. The Morgan fingerprint density at radius 1 is 1.50 bits per heavy atom. The predicted octanol–water partition coefficient (Wildman–Crippen LogP) is 2.48. The van der Waals surface area contributed by atoms with Gasteiger partial charge in [0.1, 0.15) is 5.82 Å². The highest BCUT2D eigenvalue weighted by atomic mass is 19.1. The number of carbonyl (C=O) groups excluding carboxylic acids is 1. The molecule has 0 aromatic heterocycles. The van der Waals surface area contributed by atoms with Crippen LogP contribution in [0.2, 0.25) is 0 Å². The molecule has 4 heteroatoms. The van der Waals surface area contributed by atoms with Gasteiger partial charge in [-0.25, -0.2) is 4.39 Å². The normalized spacial score (nSPS) is 9.56. The van der Waals surface area contributed by atoms with E-state index in [1.165, 1.54) is 11.0 Å². The van der Waals surface area contributed by atoms with E-state index in [0.29, 0.717) is 6.42 Å². The quantitative estimate of drug-likeness (QED) is 0.782. The summed E-state index contributed by atoms with van der Waals surface area (Å²) in [5.41, 5.74) is 0.240. The molecule has 0 heterocycles. The van der Waals surface area contributed by atoms with Crippen LogP contribution in [0.15, 0.2) is 24.3 Å². The number of nitriles is 1. The molecule has 3 nitrogen and oxygen atoms in total. The molecule has 0 N–H and O–H groups in total. The molecule has 0 spiro atoms. The number of nitrogens with zero attached hydrogens (tertiary/aromatic N) is 2. The van der Waals surface area contributed by atoms with Gasteiger partial charge >= 0.3 is 0 Å². The Labute approximate surface area is 94.1 Å². The number of anilines is 1. The highest BCUT2D eigenvalue weighted by Crippen LogP contribution is 2.19. The van der Waals surface area contributed by atoms with E-state index in [1.54, 1.807) is 25.1 Å². The maximum absolute atomic E-state index is 13.5. The minimum atomic E-state index is -0.442. The number of rotatable bonds is 4. The summed E-state index contributed by atoms with van der Waals surface area (Å²) in [6.45, 7) is 1.94. The smallest absolute Gasteiger partial charge is 0.226 e. The van der Waals surface area contributed by atoms with Gasteiger partial charge in [0.15, 0.2) is 0 Å². The van der Waals surface area contributed by atoms with Crippen LogP contribution in [0, 0.1) is 17.1 Å². The lowest BCUT2D eigenvalue weighted by Crippen LogP contribution is -2.31. The molecular formula is C12H13FN2O. The van der Waals surface area contributed by atoms with Crippen molar-refractivity contribution in [3.05, 3.63) is 30.1 Å². The van der Waals surface area contributed by atoms with Crippen LogP contribution in [0.3, 0.4) is 0 Å². The highest BCUT2D eigenvalue weighted by molar-refractivity contribution is 5.93. The fourth-order valence-corrected chi connectivity index (χ4v) is 1.40. The van der Waals surface area contributed by atoms with Gasteiger partial charge in [0, 0.05) is 13.0 Å². The van der Waals surface area contributed by atoms with Crippen LogP contribution in [-0.4, -0.2) is 12.5 Å². The summed E-state index contributed by atoms with van der Waals surface area (Å²) in [4.78, 5) is 12.9. The Balaban J connectivity index is 2.97. The third-order valence-electron chi connectivity index (χ3n) is 2.19. The summed E-state index contributed by atoms with van der Waals surface area (Å²) >= 11 is 0. The average molecular weight is 220 g/mol. The maximum atomic E-state index is 13.5. The van der Waals surface area contributed by atoms with Gasteiger partial charge in [-0.05, 0) is 12.1 Å². The van der Waals surface area contributed by atoms with Crippen LogP contribution < -0.4 is 4.90 Å². The van der Waals surface area contributed by atoms with Crippen molar-refractivity contribution in [2.45, 2.75) is 19.8 Å². The molecule has 16 heavy (non-hydrogen) atoms. The van der Waals surface area contributed by atoms with Crippen LogP contribution >= 0.6 is 0 Å². The number of para-hydroxylation sites is 1. The number of hydrogen-bond donors (Lipinski definition) is 0. The molecule has 1 aromatic rings. The highest BCUT2D eigenvalue weighted by Gasteiger charge is 2.16. The first-order chi connectivity index (χ1) is 7.70. The third kappa shape index (κ3) is 2.80. The molecule has 84 valence electrons. The van der Waals surface area contributed by atoms with Gasteiger partial charge in [0.2, 0.25) is 5.91 Å². The first-order valence-corrected chi connectivity index (χ1v) is 5.12. The molecule has 1 aromatic carbocycles. The standard InChI is InChI=1S/C12H13FN2O/c1-2-12(16)15(9-5-8-14)11-7-4-3-6-10(11)13/h3-4,6-7H,2,5,9H2,1H3. The lowest BCUT2D eigenvalue weighted by Gasteiger charge is -2.21. The van der Waals surface area contributed by atoms with Crippen molar-refractivity contribution in [2.75, 3.05) is 11.4 Å². The molecule has 1 amide bonds. The van der Waals surface area contributed by atoms with Crippen molar-refractivity contribution in [3.63, 3.8) is 0 Å². The van der Waals surface area contributed by atoms with Gasteiger partial charge in [-0.3, -0.25) is 4.79 Å². The maximum Gasteiger partial charge on any atom is 0.226 e. The van der Waals surface area contributed by atoms with Gasteiger partial charge in [0.25, 0.3) is 0 Å². The van der Waals surface area contributed by atoms with Crippen LogP contribution in [0.4, 0.5) is 10.1 Å². The SMILES string of the molecule is CCC(=O)N(CCC#N)c1ccccc1F. The predicted molar refractivity (Wildman–Crippen MR) is 59.3 cm³/mol. The van der Waals surface area contributed by atoms with E-state index in [0.717, 1.165) is 0 Å². The lowest BCUT2D eigenvalue weighted by molar-refractivity contribution is -0.118. The van der Waals surface area contributed by atoms with E-state index >= 15 is 0 Å². The molecule has 1 rings (SSSR count). The number of amides is 1. The number of carbonyl (C=O) groups is 1. The molecule has 0 bridgehead atoms. The zero-order chi connectivity index (χ0) is 12.0. The van der Waals surface area contributed by atoms with Crippen LogP contribution in [-0.2, 0) is 4.79 Å². The van der Waals surface area contributed by atoms with E-state index < -0.39 is 5.82 Å². The summed E-state index contributed by atoms with van der Waals surface area (Å²) < 4.78 is 13.5. The van der Waals surface area contributed by atoms with Crippen LogP contribution in [0.5, 0.6) is 0 Å². The van der Waals surface area contributed by atoms with Crippen molar-refractivity contribution in [3.8, 4) is 6.07 Å². The molecule has 0 aliphatic carbocycles. The van der Waals surface area contributed by atoms with Gasteiger partial charge in [-0.15, -0.1) is 0 Å². The van der Waals surface area contributed by atoms with E-state index in [-0.39, 0.29) is 24.6 Å². The first kappa shape index (κ1) is 12.2. The monoisotopic (exact) mass is 220 g/mol. The van der Waals surface area contributed by atoms with Gasteiger partial charge in [-0.1, -0.05) is 19.1 Å². The second-order valence-electron chi connectivity index (χ2n) is 3.26. The number of benzene rings is 1. The van der Waals surface area contributed by atoms with Crippen molar-refractivity contribution >= 4 is 11.6 Å². The van der Waals surface area contributed by atoms with Gasteiger partial charge in [0.05, 0.1) is 18.2 Å². The minimum Gasteiger partial charge on any atom is -0.309 e. The van der Waals surface area contributed by atoms with Crippen molar-refractivity contribution in [1.82, 2.24) is 0 Å². The molecule has 0 saturated heterocycles. The van der Waals surface area contributed by atoms with Gasteiger partial charge < -0.3 is 4.90 Å². The summed E-state index contributed by atoms with van der Waals surface area (Å²) in [5.74, 6) is -0.623. The van der Waals surface area contributed by atoms with E-state index in [1.807, 2.05) is 6.07 Å². The van der Waals surface area contributed by atoms with Crippen molar-refractivity contribution < 1.29 is 9.18 Å². The van der Waals surface area contributed by atoms with E-state index in [2.05, 4.69) is 0 Å². The summed E-state index contributed by atoms with van der Waals surface area (Å²) in [6.07, 6.45) is 0.486. The Kier molecular flexibility index (Phi) is 4.46. The topological polar surface area (TPSA) is 44.1 Å². The largest absolute Gasteiger partial charge is 0.309 e.